The van der Waals surface area contributed by atoms with E-state index in [0.29, 0.717) is 5.92 Å². The molecule has 0 spiro atoms. The molecule has 6 heteroatoms. The van der Waals surface area contributed by atoms with E-state index in [0.717, 1.165) is 71.3 Å². The quantitative estimate of drug-likeness (QED) is 0.406. The molecule has 1 aliphatic rings. The van der Waals surface area contributed by atoms with Gasteiger partial charge in [-0.2, -0.15) is 0 Å². The fraction of sp³-hybridized carbons (Fsp3) is 0.722. The third-order valence-corrected chi connectivity index (χ3v) is 4.98. The van der Waals surface area contributed by atoms with Gasteiger partial charge < -0.3 is 15.4 Å². The van der Waals surface area contributed by atoms with Crippen molar-refractivity contribution in [3.8, 4) is 0 Å². The van der Waals surface area contributed by atoms with Gasteiger partial charge in [0, 0.05) is 37.6 Å². The van der Waals surface area contributed by atoms with E-state index in [-0.39, 0.29) is 0 Å². The van der Waals surface area contributed by atoms with Gasteiger partial charge in [0.05, 0.1) is 13.2 Å². The summed E-state index contributed by atoms with van der Waals surface area (Å²) in [6.07, 6.45) is 2.24. The lowest BCUT2D eigenvalue weighted by atomic mass is 10.1. The van der Waals surface area contributed by atoms with Crippen molar-refractivity contribution in [1.82, 2.24) is 15.5 Å². The Bertz CT molecular complexity index is 458. The van der Waals surface area contributed by atoms with Crippen LogP contribution in [-0.2, 0) is 11.2 Å². The lowest BCUT2D eigenvalue weighted by Gasteiger charge is -2.26. The van der Waals surface area contributed by atoms with Crippen LogP contribution in [0.15, 0.2) is 22.5 Å². The second kappa shape index (κ2) is 11.4. The molecule has 5 nitrogen and oxygen atoms in total. The highest BCUT2D eigenvalue weighted by atomic mass is 32.1. The first-order valence-electron chi connectivity index (χ1n) is 9.12. The molecule has 0 radical (unpaired) electrons. The van der Waals surface area contributed by atoms with Gasteiger partial charge in [-0.25, -0.2) is 0 Å². The predicted molar refractivity (Wildman–Crippen MR) is 103 cm³/mol. The van der Waals surface area contributed by atoms with Crippen molar-refractivity contribution in [3.05, 3.63) is 22.4 Å². The van der Waals surface area contributed by atoms with Gasteiger partial charge in [0.1, 0.15) is 0 Å². The van der Waals surface area contributed by atoms with Gasteiger partial charge >= 0.3 is 0 Å². The molecule has 0 bridgehead atoms. The Balaban J connectivity index is 1.65. The molecular weight excluding hydrogens is 320 g/mol. The number of morpholine rings is 1. The normalized spacial score (nSPS) is 17.7. The van der Waals surface area contributed by atoms with Crippen LogP contribution in [0.3, 0.4) is 0 Å². The van der Waals surface area contributed by atoms with E-state index in [1.54, 1.807) is 0 Å². The minimum atomic E-state index is 0.562. The minimum absolute atomic E-state index is 0.562. The second-order valence-electron chi connectivity index (χ2n) is 6.34. The van der Waals surface area contributed by atoms with Crippen LogP contribution in [0.5, 0.6) is 0 Å². The summed E-state index contributed by atoms with van der Waals surface area (Å²) in [7, 11) is 0. The molecule has 2 rings (SSSR count). The minimum Gasteiger partial charge on any atom is -0.379 e. The first kappa shape index (κ1) is 19.2. The zero-order chi connectivity index (χ0) is 17.0. The molecule has 1 fully saturated rings. The second-order valence-corrected chi connectivity index (χ2v) is 7.37. The molecule has 1 saturated heterocycles. The summed E-state index contributed by atoms with van der Waals surface area (Å²) in [5, 5.41) is 8.95. The fourth-order valence-corrected chi connectivity index (χ4v) is 3.63. The monoisotopic (exact) mass is 352 g/mol. The van der Waals surface area contributed by atoms with E-state index >= 15 is 0 Å². The summed E-state index contributed by atoms with van der Waals surface area (Å²) in [5.74, 6) is 1.50. The van der Waals surface area contributed by atoms with Gasteiger partial charge in [-0.1, -0.05) is 13.0 Å². The molecule has 1 aromatic heterocycles. The molecule has 24 heavy (non-hydrogen) atoms. The molecule has 136 valence electrons. The predicted octanol–water partition coefficient (Wildman–Crippen LogP) is 2.20. The molecule has 1 aliphatic heterocycles. The van der Waals surface area contributed by atoms with Crippen LogP contribution in [0.1, 0.15) is 25.1 Å². The fourth-order valence-electron chi connectivity index (χ4n) is 2.76. The van der Waals surface area contributed by atoms with Crippen molar-refractivity contribution in [2.75, 3.05) is 52.5 Å². The molecule has 1 unspecified atom stereocenters. The number of thiophene rings is 1. The van der Waals surface area contributed by atoms with Crippen molar-refractivity contribution < 1.29 is 4.74 Å². The molecular formula is C18H32N4OS. The highest BCUT2D eigenvalue weighted by Gasteiger charge is 2.09. The summed E-state index contributed by atoms with van der Waals surface area (Å²) in [6.45, 7) is 12.1. The molecule has 0 amide bonds. The average Bonchev–Trinajstić information content (AvgIpc) is 3.10. The third kappa shape index (κ3) is 7.64. The van der Waals surface area contributed by atoms with Gasteiger partial charge in [-0.05, 0) is 43.7 Å². The van der Waals surface area contributed by atoms with Crippen LogP contribution in [0.2, 0.25) is 0 Å². The Kier molecular flexibility index (Phi) is 9.16. The first-order chi connectivity index (χ1) is 11.8. The molecule has 0 saturated carbocycles. The Morgan fingerprint density at radius 1 is 1.38 bits per heavy atom. The number of nitrogens with one attached hydrogen (secondary N) is 2. The molecule has 0 aromatic carbocycles. The Morgan fingerprint density at radius 3 is 2.92 bits per heavy atom. The number of aliphatic imine (C=N–C) groups is 1. The van der Waals surface area contributed by atoms with E-state index in [4.69, 9.17) is 9.73 Å². The summed E-state index contributed by atoms with van der Waals surface area (Å²) in [6, 6.07) is 4.33. The SMILES string of the molecule is CCNC(=NCC(C)Cc1cccs1)NCCCN1CCOCC1. The van der Waals surface area contributed by atoms with Crippen molar-refractivity contribution >= 4 is 17.3 Å². The van der Waals surface area contributed by atoms with Gasteiger partial charge in [0.2, 0.25) is 0 Å². The van der Waals surface area contributed by atoms with Gasteiger partial charge in [-0.15, -0.1) is 11.3 Å². The highest BCUT2D eigenvalue weighted by molar-refractivity contribution is 7.09. The number of ether oxygens (including phenoxy) is 1. The zero-order valence-electron chi connectivity index (χ0n) is 15.1. The summed E-state index contributed by atoms with van der Waals surface area (Å²) < 4.78 is 5.38. The van der Waals surface area contributed by atoms with Crippen LogP contribution in [0.4, 0.5) is 0 Å². The van der Waals surface area contributed by atoms with Crippen molar-refractivity contribution in [1.29, 1.82) is 0 Å². The van der Waals surface area contributed by atoms with E-state index in [1.165, 1.54) is 4.88 Å². The highest BCUT2D eigenvalue weighted by Crippen LogP contribution is 2.14. The standard InChI is InChI=1S/C18H32N4OS/c1-3-19-18(20-7-5-8-22-9-11-23-12-10-22)21-15-16(2)14-17-6-4-13-24-17/h4,6,13,16H,3,5,7-12,14-15H2,1-2H3,(H2,19,20,21). The number of hydrogen-bond acceptors (Lipinski definition) is 4. The largest absolute Gasteiger partial charge is 0.379 e. The van der Waals surface area contributed by atoms with E-state index < -0.39 is 0 Å². The van der Waals surface area contributed by atoms with Crippen LogP contribution < -0.4 is 10.6 Å². The molecule has 0 aliphatic carbocycles. The number of nitrogens with zero attached hydrogens (tertiary/aromatic N) is 2. The topological polar surface area (TPSA) is 48.9 Å². The summed E-state index contributed by atoms with van der Waals surface area (Å²) in [5.41, 5.74) is 0. The maximum atomic E-state index is 5.38. The lowest BCUT2D eigenvalue weighted by Crippen LogP contribution is -2.41. The van der Waals surface area contributed by atoms with Crippen molar-refractivity contribution in [2.45, 2.75) is 26.7 Å². The zero-order valence-corrected chi connectivity index (χ0v) is 15.9. The smallest absolute Gasteiger partial charge is 0.191 e. The number of guanidine groups is 1. The van der Waals surface area contributed by atoms with E-state index in [9.17, 15) is 0 Å². The van der Waals surface area contributed by atoms with Crippen molar-refractivity contribution in [3.63, 3.8) is 0 Å². The van der Waals surface area contributed by atoms with Gasteiger partial charge in [-0.3, -0.25) is 9.89 Å². The summed E-state index contributed by atoms with van der Waals surface area (Å²) >= 11 is 1.83. The van der Waals surface area contributed by atoms with Crippen LogP contribution in [-0.4, -0.2) is 63.3 Å². The van der Waals surface area contributed by atoms with Crippen molar-refractivity contribution in [2.24, 2.45) is 10.9 Å². The summed E-state index contributed by atoms with van der Waals surface area (Å²) in [4.78, 5) is 8.66. The molecule has 1 aromatic rings. The van der Waals surface area contributed by atoms with Crippen LogP contribution in [0.25, 0.3) is 0 Å². The van der Waals surface area contributed by atoms with Crippen LogP contribution in [0, 0.1) is 5.92 Å². The molecule has 2 heterocycles. The first-order valence-corrected chi connectivity index (χ1v) is 10.0. The number of rotatable bonds is 9. The average molecular weight is 353 g/mol. The van der Waals surface area contributed by atoms with E-state index in [2.05, 4.69) is 46.9 Å². The Hall–Kier alpha value is -1.11. The molecule has 2 N–H and O–H groups in total. The Morgan fingerprint density at radius 2 is 2.21 bits per heavy atom. The third-order valence-electron chi connectivity index (χ3n) is 4.08. The number of hydrogen-bond donors (Lipinski definition) is 2. The van der Waals surface area contributed by atoms with Gasteiger partial charge in [0.25, 0.3) is 0 Å². The van der Waals surface area contributed by atoms with Gasteiger partial charge in [0.15, 0.2) is 5.96 Å². The van der Waals surface area contributed by atoms with E-state index in [1.807, 2.05) is 11.3 Å². The maximum absolute atomic E-state index is 5.38. The lowest BCUT2D eigenvalue weighted by molar-refractivity contribution is 0.0376. The van der Waals surface area contributed by atoms with Crippen LogP contribution >= 0.6 is 11.3 Å². The molecule has 1 atom stereocenters. The Labute approximate surface area is 150 Å². The maximum Gasteiger partial charge on any atom is 0.191 e.